The van der Waals surface area contributed by atoms with Gasteiger partial charge in [0.05, 0.1) is 16.8 Å². The minimum Gasteiger partial charge on any atom is -0.489 e. The van der Waals surface area contributed by atoms with Crippen LogP contribution in [0.4, 0.5) is 5.13 Å². The predicted molar refractivity (Wildman–Crippen MR) is 122 cm³/mol. The second-order valence-corrected chi connectivity index (χ2v) is 8.65. The van der Waals surface area contributed by atoms with E-state index in [0.717, 1.165) is 40.4 Å². The standard InChI is InChI=1S/C22H22N4O2S2/c1-4-26-15(3)18(10-23-26)19-13-30-22(24-19)25-21(27)20-9-16(12-29-20)11-28-17-7-5-6-14(2)8-17/h5-10,12-13H,4,11H2,1-3H3,(H,24,25,27). The van der Waals surface area contributed by atoms with E-state index in [9.17, 15) is 4.79 Å². The number of hydrogen-bond acceptors (Lipinski definition) is 6. The number of aromatic nitrogens is 3. The Morgan fingerprint density at radius 3 is 2.83 bits per heavy atom. The summed E-state index contributed by atoms with van der Waals surface area (Å²) in [7, 11) is 0. The van der Waals surface area contributed by atoms with Crippen molar-refractivity contribution in [3.8, 4) is 17.0 Å². The van der Waals surface area contributed by atoms with Crippen LogP contribution >= 0.6 is 22.7 Å². The van der Waals surface area contributed by atoms with Gasteiger partial charge in [-0.05, 0) is 49.9 Å². The van der Waals surface area contributed by atoms with Gasteiger partial charge in [-0.25, -0.2) is 4.98 Å². The Hall–Kier alpha value is -2.97. The zero-order chi connectivity index (χ0) is 21.1. The van der Waals surface area contributed by atoms with Crippen molar-refractivity contribution in [2.24, 2.45) is 0 Å². The molecule has 4 aromatic rings. The van der Waals surface area contributed by atoms with E-state index in [1.54, 1.807) is 0 Å². The fraction of sp³-hybridized carbons (Fsp3) is 0.227. The lowest BCUT2D eigenvalue weighted by Gasteiger charge is -2.05. The number of anilines is 1. The third kappa shape index (κ3) is 4.44. The number of amides is 1. The summed E-state index contributed by atoms with van der Waals surface area (Å²) in [5.74, 6) is 0.660. The van der Waals surface area contributed by atoms with E-state index in [4.69, 9.17) is 4.74 Å². The molecule has 3 heterocycles. The number of benzene rings is 1. The summed E-state index contributed by atoms with van der Waals surface area (Å²) in [6.07, 6.45) is 1.82. The minimum atomic E-state index is -0.163. The van der Waals surface area contributed by atoms with E-state index >= 15 is 0 Å². The van der Waals surface area contributed by atoms with Crippen molar-refractivity contribution < 1.29 is 9.53 Å². The SMILES string of the molecule is CCn1ncc(-c2csc(NC(=O)c3cc(COc4cccc(C)c4)cs3)n2)c1C. The molecule has 30 heavy (non-hydrogen) atoms. The smallest absolute Gasteiger partial charge is 0.267 e. The van der Waals surface area contributed by atoms with Gasteiger partial charge in [-0.1, -0.05) is 12.1 Å². The number of rotatable bonds is 7. The van der Waals surface area contributed by atoms with Gasteiger partial charge in [0.2, 0.25) is 0 Å². The van der Waals surface area contributed by atoms with Crippen molar-refractivity contribution >= 4 is 33.7 Å². The molecule has 4 rings (SSSR count). The molecule has 8 heteroatoms. The van der Waals surface area contributed by atoms with E-state index in [1.807, 2.05) is 65.8 Å². The lowest BCUT2D eigenvalue weighted by atomic mass is 10.2. The van der Waals surface area contributed by atoms with E-state index in [2.05, 4.69) is 22.3 Å². The van der Waals surface area contributed by atoms with Crippen LogP contribution in [0.1, 0.15) is 33.4 Å². The number of carbonyl (C=O) groups is 1. The summed E-state index contributed by atoms with van der Waals surface area (Å²) in [5, 5.41) is 11.7. The molecule has 0 bridgehead atoms. The maximum Gasteiger partial charge on any atom is 0.267 e. The molecule has 0 radical (unpaired) electrons. The highest BCUT2D eigenvalue weighted by Gasteiger charge is 2.15. The fourth-order valence-corrected chi connectivity index (χ4v) is 4.57. The number of aryl methyl sites for hydroxylation is 2. The molecule has 0 unspecified atom stereocenters. The van der Waals surface area contributed by atoms with Gasteiger partial charge in [0.1, 0.15) is 12.4 Å². The van der Waals surface area contributed by atoms with Crippen molar-refractivity contribution in [3.63, 3.8) is 0 Å². The molecule has 1 N–H and O–H groups in total. The maximum atomic E-state index is 12.6. The van der Waals surface area contributed by atoms with Gasteiger partial charge in [0.25, 0.3) is 5.91 Å². The van der Waals surface area contributed by atoms with Gasteiger partial charge < -0.3 is 4.74 Å². The summed E-state index contributed by atoms with van der Waals surface area (Å²) >= 11 is 2.81. The van der Waals surface area contributed by atoms with Crippen LogP contribution in [0.15, 0.2) is 47.3 Å². The van der Waals surface area contributed by atoms with Crippen LogP contribution in [-0.2, 0) is 13.2 Å². The number of nitrogens with zero attached hydrogens (tertiary/aromatic N) is 3. The van der Waals surface area contributed by atoms with Crippen molar-refractivity contribution in [2.45, 2.75) is 33.9 Å². The number of ether oxygens (including phenoxy) is 1. The first-order chi connectivity index (χ1) is 14.5. The van der Waals surface area contributed by atoms with Crippen molar-refractivity contribution in [3.05, 3.63) is 69.0 Å². The number of nitrogens with one attached hydrogen (secondary N) is 1. The molecule has 0 fully saturated rings. The largest absolute Gasteiger partial charge is 0.489 e. The monoisotopic (exact) mass is 438 g/mol. The summed E-state index contributed by atoms with van der Waals surface area (Å²) in [5.41, 5.74) is 5.00. The Balaban J connectivity index is 1.39. The van der Waals surface area contributed by atoms with E-state index in [1.165, 1.54) is 22.7 Å². The van der Waals surface area contributed by atoms with E-state index < -0.39 is 0 Å². The molecule has 0 spiro atoms. The first-order valence-electron chi connectivity index (χ1n) is 9.60. The molecular formula is C22H22N4O2S2. The average molecular weight is 439 g/mol. The zero-order valence-corrected chi connectivity index (χ0v) is 18.6. The number of thiophene rings is 1. The number of hydrogen-bond donors (Lipinski definition) is 1. The minimum absolute atomic E-state index is 0.163. The predicted octanol–water partition coefficient (Wildman–Crippen LogP) is 5.54. The van der Waals surface area contributed by atoms with Crippen molar-refractivity contribution in [2.75, 3.05) is 5.32 Å². The second-order valence-electron chi connectivity index (χ2n) is 6.88. The zero-order valence-electron chi connectivity index (χ0n) is 17.0. The Kier molecular flexibility index (Phi) is 5.96. The number of thiazole rings is 1. The molecule has 154 valence electrons. The molecule has 0 atom stereocenters. The van der Waals surface area contributed by atoms with Crippen LogP contribution in [-0.4, -0.2) is 20.7 Å². The highest BCUT2D eigenvalue weighted by atomic mass is 32.1. The highest BCUT2D eigenvalue weighted by Crippen LogP contribution is 2.28. The van der Waals surface area contributed by atoms with Crippen LogP contribution < -0.4 is 10.1 Å². The summed E-state index contributed by atoms with van der Waals surface area (Å²) in [6.45, 7) is 7.34. The van der Waals surface area contributed by atoms with Crippen LogP contribution in [0.5, 0.6) is 5.75 Å². The normalized spacial score (nSPS) is 10.9. The molecule has 0 aliphatic carbocycles. The van der Waals surface area contributed by atoms with Crippen LogP contribution in [0.2, 0.25) is 0 Å². The van der Waals surface area contributed by atoms with Gasteiger partial charge in [-0.2, -0.15) is 5.10 Å². The summed E-state index contributed by atoms with van der Waals surface area (Å²) in [6, 6.07) is 9.78. The fourth-order valence-electron chi connectivity index (χ4n) is 3.07. The Morgan fingerprint density at radius 2 is 2.07 bits per heavy atom. The topological polar surface area (TPSA) is 69.0 Å². The molecule has 3 aromatic heterocycles. The van der Waals surface area contributed by atoms with Gasteiger partial charge in [-0.15, -0.1) is 22.7 Å². The first kappa shape index (κ1) is 20.3. The quantitative estimate of drug-likeness (QED) is 0.411. The number of carbonyl (C=O) groups excluding carboxylic acids is 1. The molecule has 0 aliphatic heterocycles. The molecule has 0 saturated carbocycles. The summed E-state index contributed by atoms with van der Waals surface area (Å²) in [4.78, 5) is 17.8. The van der Waals surface area contributed by atoms with Crippen LogP contribution in [0.25, 0.3) is 11.3 Å². The third-order valence-corrected chi connectivity index (χ3v) is 6.41. The second kappa shape index (κ2) is 8.81. The molecule has 0 aliphatic rings. The summed E-state index contributed by atoms with van der Waals surface area (Å²) < 4.78 is 7.75. The lowest BCUT2D eigenvalue weighted by molar-refractivity contribution is 0.103. The van der Waals surface area contributed by atoms with Gasteiger partial charge in [-0.3, -0.25) is 14.8 Å². The third-order valence-electron chi connectivity index (χ3n) is 4.68. The Morgan fingerprint density at radius 1 is 1.20 bits per heavy atom. The molecule has 0 saturated heterocycles. The molecule has 1 aromatic carbocycles. The Bertz CT molecular complexity index is 1180. The van der Waals surface area contributed by atoms with E-state index in [-0.39, 0.29) is 5.91 Å². The Labute approximate surface area is 183 Å². The average Bonchev–Trinajstić information content (AvgIpc) is 3.46. The maximum absolute atomic E-state index is 12.6. The lowest BCUT2D eigenvalue weighted by Crippen LogP contribution is -2.09. The van der Waals surface area contributed by atoms with Gasteiger partial charge in [0.15, 0.2) is 5.13 Å². The molecular weight excluding hydrogens is 416 g/mol. The van der Waals surface area contributed by atoms with Crippen molar-refractivity contribution in [1.29, 1.82) is 0 Å². The first-order valence-corrected chi connectivity index (χ1v) is 11.4. The molecule has 1 amide bonds. The highest BCUT2D eigenvalue weighted by molar-refractivity contribution is 7.14. The van der Waals surface area contributed by atoms with Gasteiger partial charge in [0, 0.05) is 28.7 Å². The molecule has 6 nitrogen and oxygen atoms in total. The van der Waals surface area contributed by atoms with Crippen molar-refractivity contribution in [1.82, 2.24) is 14.8 Å². The van der Waals surface area contributed by atoms with E-state index in [0.29, 0.717) is 16.6 Å². The van der Waals surface area contributed by atoms with Gasteiger partial charge >= 0.3 is 0 Å². The van der Waals surface area contributed by atoms with Crippen LogP contribution in [0, 0.1) is 13.8 Å². The van der Waals surface area contributed by atoms with Crippen LogP contribution in [0.3, 0.4) is 0 Å².